The van der Waals surface area contributed by atoms with Crippen LogP contribution in [-0.2, 0) is 4.79 Å². The van der Waals surface area contributed by atoms with E-state index in [-0.39, 0.29) is 12.0 Å². The quantitative estimate of drug-likeness (QED) is 0.376. The average Bonchev–Trinajstić information content (AvgIpc) is 3.29. The lowest BCUT2D eigenvalue weighted by molar-refractivity contribution is -0.111. The third kappa shape index (κ3) is 5.13. The van der Waals surface area contributed by atoms with E-state index in [1.54, 1.807) is 36.8 Å². The largest absolute Gasteiger partial charge is 0.487 e. The van der Waals surface area contributed by atoms with E-state index in [2.05, 4.69) is 42.0 Å². The predicted molar refractivity (Wildman–Crippen MR) is 136 cm³/mol. The molecule has 10 heteroatoms. The molecule has 1 amide bonds. The van der Waals surface area contributed by atoms with Gasteiger partial charge in [-0.1, -0.05) is 6.58 Å². The molecule has 0 radical (unpaired) electrons. The van der Waals surface area contributed by atoms with Gasteiger partial charge in [-0.05, 0) is 49.9 Å². The van der Waals surface area contributed by atoms with Crippen molar-refractivity contribution in [3.05, 3.63) is 73.6 Å². The second-order valence-electron chi connectivity index (χ2n) is 8.50. The van der Waals surface area contributed by atoms with Gasteiger partial charge in [0.25, 0.3) is 0 Å². The molecular weight excluding hydrogens is 461 g/mol. The molecule has 1 fully saturated rings. The van der Waals surface area contributed by atoms with Gasteiger partial charge in [0.15, 0.2) is 0 Å². The molecule has 4 heterocycles. The zero-order valence-electron chi connectivity index (χ0n) is 19.6. The number of fused-ring (bicyclic) bond motifs is 1. The fourth-order valence-corrected chi connectivity index (χ4v) is 4.08. The van der Waals surface area contributed by atoms with E-state index in [1.807, 2.05) is 13.1 Å². The summed E-state index contributed by atoms with van der Waals surface area (Å²) in [4.78, 5) is 31.5. The third-order valence-electron chi connectivity index (χ3n) is 5.82. The summed E-state index contributed by atoms with van der Waals surface area (Å²) < 4.78 is 19.9. The number of carbonyl (C=O) groups excluding carboxylic acids is 1. The van der Waals surface area contributed by atoms with Gasteiger partial charge >= 0.3 is 0 Å². The van der Waals surface area contributed by atoms with Gasteiger partial charge in [0.2, 0.25) is 11.9 Å². The molecule has 0 saturated carbocycles. The Morgan fingerprint density at radius 2 is 2.11 bits per heavy atom. The molecule has 0 aliphatic carbocycles. The van der Waals surface area contributed by atoms with Crippen molar-refractivity contribution >= 4 is 34.3 Å². The molecule has 1 saturated heterocycles. The van der Waals surface area contributed by atoms with E-state index < -0.39 is 5.82 Å². The highest BCUT2D eigenvalue weighted by Gasteiger charge is 2.22. The Labute approximate surface area is 207 Å². The van der Waals surface area contributed by atoms with Crippen molar-refractivity contribution in [2.75, 3.05) is 30.8 Å². The molecule has 0 spiro atoms. The predicted octanol–water partition coefficient (Wildman–Crippen LogP) is 4.18. The number of anilines is 3. The van der Waals surface area contributed by atoms with Gasteiger partial charge in [-0.15, -0.1) is 0 Å². The number of benzene rings is 1. The molecule has 2 N–H and O–H groups in total. The molecule has 4 aromatic rings. The number of pyridine rings is 2. The van der Waals surface area contributed by atoms with E-state index in [9.17, 15) is 9.18 Å². The van der Waals surface area contributed by atoms with E-state index in [1.165, 1.54) is 12.1 Å². The van der Waals surface area contributed by atoms with Gasteiger partial charge < -0.3 is 20.3 Å². The maximum absolute atomic E-state index is 13.8. The maximum atomic E-state index is 13.8. The lowest BCUT2D eigenvalue weighted by atomic mass is 10.1. The minimum absolute atomic E-state index is 0.0419. The monoisotopic (exact) mass is 485 g/mol. The summed E-state index contributed by atoms with van der Waals surface area (Å²) in [5.41, 5.74) is 3.53. The van der Waals surface area contributed by atoms with Gasteiger partial charge in [-0.3, -0.25) is 14.8 Å². The summed E-state index contributed by atoms with van der Waals surface area (Å²) in [5, 5.41) is 5.97. The minimum atomic E-state index is -0.439. The summed E-state index contributed by atoms with van der Waals surface area (Å²) >= 11 is 0. The molecule has 3 aromatic heterocycles. The molecule has 1 unspecified atom stereocenters. The lowest BCUT2D eigenvalue weighted by Gasteiger charge is -2.18. The molecule has 1 atom stereocenters. The van der Waals surface area contributed by atoms with E-state index >= 15 is 0 Å². The molecule has 1 aliphatic rings. The Kier molecular flexibility index (Phi) is 6.50. The zero-order valence-corrected chi connectivity index (χ0v) is 19.6. The molecule has 9 nitrogen and oxygen atoms in total. The van der Waals surface area contributed by atoms with Crippen LogP contribution in [0.4, 0.5) is 21.7 Å². The number of nitrogens with one attached hydrogen (secondary N) is 2. The van der Waals surface area contributed by atoms with E-state index in [0.29, 0.717) is 45.2 Å². The fourth-order valence-electron chi connectivity index (χ4n) is 4.08. The summed E-state index contributed by atoms with van der Waals surface area (Å²) in [5.74, 6) is 0.0983. The molecular formula is C26H24FN7O2. The average molecular weight is 486 g/mol. The normalized spacial score (nSPS) is 15.6. The highest BCUT2D eigenvalue weighted by Crippen LogP contribution is 2.32. The number of ether oxygens (including phenoxy) is 1. The van der Waals surface area contributed by atoms with Crippen LogP contribution in [-0.4, -0.2) is 57.0 Å². The number of hydrogen-bond donors (Lipinski definition) is 2. The Balaban J connectivity index is 1.45. The highest BCUT2D eigenvalue weighted by molar-refractivity contribution is 6.00. The first-order chi connectivity index (χ1) is 17.5. The number of halogens is 1. The first kappa shape index (κ1) is 23.3. The van der Waals surface area contributed by atoms with Gasteiger partial charge in [0.1, 0.15) is 28.7 Å². The summed E-state index contributed by atoms with van der Waals surface area (Å²) in [6.07, 6.45) is 8.09. The molecule has 0 bridgehead atoms. The third-order valence-corrected chi connectivity index (χ3v) is 5.82. The Bertz CT molecular complexity index is 1450. The number of amides is 1. The summed E-state index contributed by atoms with van der Waals surface area (Å²) in [6.45, 7) is 5.30. The van der Waals surface area contributed by atoms with Crippen LogP contribution in [0.1, 0.15) is 6.42 Å². The van der Waals surface area contributed by atoms with Crippen LogP contribution in [0.2, 0.25) is 0 Å². The van der Waals surface area contributed by atoms with Crippen LogP contribution in [0, 0.1) is 5.82 Å². The van der Waals surface area contributed by atoms with Crippen LogP contribution >= 0.6 is 0 Å². The number of hydrogen-bond acceptors (Lipinski definition) is 8. The van der Waals surface area contributed by atoms with Crippen LogP contribution in [0.15, 0.2) is 67.8 Å². The minimum Gasteiger partial charge on any atom is -0.487 e. The molecule has 36 heavy (non-hydrogen) atoms. The molecule has 5 rings (SSSR count). The second-order valence-corrected chi connectivity index (χ2v) is 8.50. The topological polar surface area (TPSA) is 105 Å². The van der Waals surface area contributed by atoms with E-state index in [0.717, 1.165) is 25.7 Å². The SMILES string of the molecule is C=CC(=O)Nc1cc(Nc2ncc3nccc(-c4cncc(F)c4)c3n2)ccc1OC1CCN(C)C1. The van der Waals surface area contributed by atoms with Crippen molar-refractivity contribution < 1.29 is 13.9 Å². The van der Waals surface area contributed by atoms with Crippen LogP contribution in [0.5, 0.6) is 5.75 Å². The molecule has 1 aliphatic heterocycles. The van der Waals surface area contributed by atoms with Crippen molar-refractivity contribution in [2.45, 2.75) is 12.5 Å². The number of nitrogens with zero attached hydrogens (tertiary/aromatic N) is 5. The van der Waals surface area contributed by atoms with Gasteiger partial charge in [0.05, 0.1) is 18.1 Å². The lowest BCUT2D eigenvalue weighted by Crippen LogP contribution is -2.22. The van der Waals surface area contributed by atoms with Crippen LogP contribution in [0.3, 0.4) is 0 Å². The smallest absolute Gasteiger partial charge is 0.247 e. The number of carbonyl (C=O) groups is 1. The molecule has 1 aromatic carbocycles. The fraction of sp³-hybridized carbons (Fsp3) is 0.192. The number of likely N-dealkylation sites (tertiary alicyclic amines) is 1. The van der Waals surface area contributed by atoms with Crippen LogP contribution in [0.25, 0.3) is 22.2 Å². The summed E-state index contributed by atoms with van der Waals surface area (Å²) in [6, 6.07) is 8.53. The van der Waals surface area contributed by atoms with Crippen molar-refractivity contribution in [1.29, 1.82) is 0 Å². The number of aromatic nitrogens is 4. The Morgan fingerprint density at radius 1 is 1.22 bits per heavy atom. The second kappa shape index (κ2) is 10.0. The van der Waals surface area contributed by atoms with Crippen molar-refractivity contribution in [1.82, 2.24) is 24.8 Å². The van der Waals surface area contributed by atoms with Crippen molar-refractivity contribution in [3.63, 3.8) is 0 Å². The van der Waals surface area contributed by atoms with Crippen molar-refractivity contribution in [2.24, 2.45) is 0 Å². The van der Waals surface area contributed by atoms with E-state index in [4.69, 9.17) is 4.74 Å². The maximum Gasteiger partial charge on any atom is 0.247 e. The first-order valence-corrected chi connectivity index (χ1v) is 11.4. The van der Waals surface area contributed by atoms with Crippen molar-refractivity contribution in [3.8, 4) is 16.9 Å². The highest BCUT2D eigenvalue weighted by atomic mass is 19.1. The number of likely N-dealkylation sites (N-methyl/N-ethyl adjacent to an activating group) is 1. The van der Waals surface area contributed by atoms with Gasteiger partial charge in [-0.2, -0.15) is 0 Å². The Hall–Kier alpha value is -4.44. The van der Waals surface area contributed by atoms with Crippen LogP contribution < -0.4 is 15.4 Å². The first-order valence-electron chi connectivity index (χ1n) is 11.4. The van der Waals surface area contributed by atoms with Gasteiger partial charge in [-0.25, -0.2) is 14.4 Å². The Morgan fingerprint density at radius 3 is 2.89 bits per heavy atom. The number of rotatable bonds is 7. The zero-order chi connectivity index (χ0) is 25.1. The molecule has 182 valence electrons. The standard InChI is InChI=1S/C26H24FN7O2/c1-3-24(35)32-21-11-18(4-5-23(21)36-19-7-9-34(2)15-19)31-26-30-14-22-25(33-26)20(6-8-29-22)16-10-17(27)13-28-12-16/h3-6,8,10-14,19H,1,7,9,15H2,2H3,(H,32,35)(H,30,31,33). The van der Waals surface area contributed by atoms with Gasteiger partial charge in [0, 0.05) is 42.3 Å². The summed E-state index contributed by atoms with van der Waals surface area (Å²) in [7, 11) is 2.05.